The molecule has 0 spiro atoms. The van der Waals surface area contributed by atoms with Crippen LogP contribution in [0.1, 0.15) is 16.2 Å². The molecule has 0 radical (unpaired) electrons. The maximum Gasteiger partial charge on any atom is 0.387 e. The van der Waals surface area contributed by atoms with Gasteiger partial charge < -0.3 is 14.0 Å². The Morgan fingerprint density at radius 1 is 1.25 bits per heavy atom. The first-order chi connectivity index (χ1) is 11.6. The first-order valence-corrected chi connectivity index (χ1v) is 7.59. The van der Waals surface area contributed by atoms with E-state index in [1.165, 1.54) is 35.6 Å². The van der Waals surface area contributed by atoms with Crippen LogP contribution >= 0.6 is 11.3 Å². The van der Waals surface area contributed by atoms with Crippen molar-refractivity contribution in [3.8, 4) is 16.5 Å². The monoisotopic (exact) mass is 352 g/mol. The molecule has 0 unspecified atom stereocenters. The average molecular weight is 352 g/mol. The maximum absolute atomic E-state index is 12.3. The van der Waals surface area contributed by atoms with Crippen molar-refractivity contribution in [2.24, 2.45) is 0 Å². The summed E-state index contributed by atoms with van der Waals surface area (Å²) in [6, 6.07) is 9.23. The summed E-state index contributed by atoms with van der Waals surface area (Å²) in [5.41, 5.74) is -0.115. The van der Waals surface area contributed by atoms with Crippen molar-refractivity contribution in [3.05, 3.63) is 53.2 Å². The van der Waals surface area contributed by atoms with Gasteiger partial charge in [0.1, 0.15) is 11.3 Å². The van der Waals surface area contributed by atoms with Crippen molar-refractivity contribution in [1.82, 2.24) is 10.1 Å². The lowest BCUT2D eigenvalue weighted by molar-refractivity contribution is -0.0505. The first-order valence-electron chi connectivity index (χ1n) is 6.71. The number of esters is 1. The van der Waals surface area contributed by atoms with E-state index in [0.29, 0.717) is 5.82 Å². The Morgan fingerprint density at radius 2 is 2.08 bits per heavy atom. The predicted molar refractivity (Wildman–Crippen MR) is 79.8 cm³/mol. The molecule has 3 rings (SSSR count). The molecule has 0 saturated carbocycles. The molecule has 3 aromatic rings. The second-order valence-corrected chi connectivity index (χ2v) is 5.39. The first kappa shape index (κ1) is 16.1. The molecule has 9 heteroatoms. The van der Waals surface area contributed by atoms with Crippen LogP contribution in [0.25, 0.3) is 10.7 Å². The zero-order chi connectivity index (χ0) is 16.9. The van der Waals surface area contributed by atoms with Crippen molar-refractivity contribution in [3.63, 3.8) is 0 Å². The minimum Gasteiger partial charge on any atom is -0.452 e. The summed E-state index contributed by atoms with van der Waals surface area (Å²) in [5.74, 6) is -0.610. The molecule has 124 valence electrons. The van der Waals surface area contributed by atoms with E-state index in [-0.39, 0.29) is 23.8 Å². The van der Waals surface area contributed by atoms with Crippen LogP contribution in [0, 0.1) is 0 Å². The van der Waals surface area contributed by atoms with E-state index in [1.54, 1.807) is 0 Å². The molecule has 0 aliphatic carbocycles. The lowest BCUT2D eigenvalue weighted by atomic mass is 10.2. The highest BCUT2D eigenvalue weighted by molar-refractivity contribution is 7.13. The molecule has 24 heavy (non-hydrogen) atoms. The minimum atomic E-state index is -3.04. The summed E-state index contributed by atoms with van der Waals surface area (Å²) in [4.78, 5) is 16.9. The fourth-order valence-corrected chi connectivity index (χ4v) is 2.51. The van der Waals surface area contributed by atoms with Gasteiger partial charge in [0.2, 0.25) is 5.82 Å². The zero-order valence-corrected chi connectivity index (χ0v) is 12.8. The molecule has 6 nitrogen and oxygen atoms in total. The van der Waals surface area contributed by atoms with E-state index in [0.717, 1.165) is 4.88 Å². The van der Waals surface area contributed by atoms with Crippen LogP contribution in [0.5, 0.6) is 5.75 Å². The van der Waals surface area contributed by atoms with Crippen LogP contribution in [-0.2, 0) is 11.3 Å². The molecule has 0 saturated heterocycles. The van der Waals surface area contributed by atoms with Crippen molar-refractivity contribution in [2.45, 2.75) is 13.2 Å². The van der Waals surface area contributed by atoms with Crippen molar-refractivity contribution in [2.75, 3.05) is 0 Å². The second-order valence-electron chi connectivity index (χ2n) is 4.44. The largest absolute Gasteiger partial charge is 0.452 e. The van der Waals surface area contributed by atoms with Crippen LogP contribution in [0.2, 0.25) is 0 Å². The summed E-state index contributed by atoms with van der Waals surface area (Å²) < 4.78 is 39.0. The summed E-state index contributed by atoms with van der Waals surface area (Å²) in [5, 5.41) is 5.64. The Morgan fingerprint density at radius 3 is 2.83 bits per heavy atom. The molecule has 0 atom stereocenters. The fourth-order valence-electron chi connectivity index (χ4n) is 1.86. The maximum atomic E-state index is 12.3. The number of alkyl halides is 2. The van der Waals surface area contributed by atoms with Crippen LogP contribution in [0.4, 0.5) is 8.78 Å². The molecule has 0 bridgehead atoms. The van der Waals surface area contributed by atoms with Crippen LogP contribution in [0.15, 0.2) is 46.3 Å². The quantitative estimate of drug-likeness (QED) is 0.629. The number of benzene rings is 1. The van der Waals surface area contributed by atoms with Gasteiger partial charge in [0, 0.05) is 0 Å². The highest BCUT2D eigenvalue weighted by Crippen LogP contribution is 2.23. The van der Waals surface area contributed by atoms with Crippen LogP contribution in [0.3, 0.4) is 0 Å². The molecule has 0 aliphatic heterocycles. The van der Waals surface area contributed by atoms with Crippen molar-refractivity contribution < 1.29 is 27.6 Å². The summed E-state index contributed by atoms with van der Waals surface area (Å²) in [6.45, 7) is -3.32. The smallest absolute Gasteiger partial charge is 0.387 e. The predicted octanol–water partition coefficient (Wildman–Crippen LogP) is 3.76. The van der Waals surface area contributed by atoms with E-state index in [4.69, 9.17) is 9.26 Å². The van der Waals surface area contributed by atoms with Gasteiger partial charge in [0.25, 0.3) is 5.89 Å². The SMILES string of the molecule is O=C(OCc1nc(-c2cccs2)no1)c1ccccc1OC(F)F. The van der Waals surface area contributed by atoms with Gasteiger partial charge in [-0.1, -0.05) is 23.4 Å². The number of ether oxygens (including phenoxy) is 2. The summed E-state index contributed by atoms with van der Waals surface area (Å²) in [6.07, 6.45) is 0. The fraction of sp³-hybridized carbons (Fsp3) is 0.133. The number of carbonyl (C=O) groups excluding carboxylic acids is 1. The lowest BCUT2D eigenvalue weighted by Crippen LogP contribution is -2.10. The Labute approximate surface area is 138 Å². The molecule has 1 aromatic carbocycles. The van der Waals surface area contributed by atoms with Crippen molar-refractivity contribution >= 4 is 17.3 Å². The lowest BCUT2D eigenvalue weighted by Gasteiger charge is -2.09. The van der Waals surface area contributed by atoms with E-state index in [2.05, 4.69) is 14.9 Å². The van der Waals surface area contributed by atoms with Gasteiger partial charge in [0.05, 0.1) is 4.88 Å². The third-order valence-electron chi connectivity index (χ3n) is 2.86. The number of para-hydroxylation sites is 1. The van der Waals surface area contributed by atoms with Gasteiger partial charge in [0.15, 0.2) is 6.61 Å². The molecule has 0 aliphatic rings. The zero-order valence-electron chi connectivity index (χ0n) is 12.0. The van der Waals surface area contributed by atoms with Gasteiger partial charge >= 0.3 is 12.6 Å². The highest BCUT2D eigenvalue weighted by atomic mass is 32.1. The third-order valence-corrected chi connectivity index (χ3v) is 3.73. The van der Waals surface area contributed by atoms with Gasteiger partial charge in [-0.05, 0) is 23.6 Å². The van der Waals surface area contributed by atoms with E-state index in [9.17, 15) is 13.6 Å². The molecule has 0 amide bonds. The minimum absolute atomic E-state index is 0.0963. The van der Waals surface area contributed by atoms with E-state index < -0.39 is 12.6 Å². The number of hydrogen-bond donors (Lipinski definition) is 0. The van der Waals surface area contributed by atoms with Crippen LogP contribution < -0.4 is 4.74 Å². The van der Waals surface area contributed by atoms with Crippen LogP contribution in [-0.4, -0.2) is 22.7 Å². The van der Waals surface area contributed by atoms with Gasteiger partial charge in [-0.3, -0.25) is 0 Å². The number of thiophene rings is 1. The Balaban J connectivity index is 1.66. The topological polar surface area (TPSA) is 74.5 Å². The highest BCUT2D eigenvalue weighted by Gasteiger charge is 2.18. The molecule has 2 heterocycles. The number of aromatic nitrogens is 2. The number of halogens is 2. The van der Waals surface area contributed by atoms with E-state index >= 15 is 0 Å². The molecule has 0 N–H and O–H groups in total. The summed E-state index contributed by atoms with van der Waals surface area (Å²) >= 11 is 1.44. The number of carbonyl (C=O) groups is 1. The molecular formula is C15H10F2N2O4S. The van der Waals surface area contributed by atoms with Gasteiger partial charge in [-0.15, -0.1) is 11.3 Å². The summed E-state index contributed by atoms with van der Waals surface area (Å²) in [7, 11) is 0. The van der Waals surface area contributed by atoms with Crippen molar-refractivity contribution in [1.29, 1.82) is 0 Å². The van der Waals surface area contributed by atoms with Gasteiger partial charge in [-0.25, -0.2) is 4.79 Å². The molecule has 0 fully saturated rings. The second kappa shape index (κ2) is 7.18. The molecular weight excluding hydrogens is 342 g/mol. The van der Waals surface area contributed by atoms with E-state index in [1.807, 2.05) is 17.5 Å². The standard InChI is InChI=1S/C15H10F2N2O4S/c16-15(17)22-10-5-2-1-4-9(10)14(20)21-8-12-18-13(19-23-12)11-6-3-7-24-11/h1-7,15H,8H2. The Bertz CT molecular complexity index is 821. The number of hydrogen-bond acceptors (Lipinski definition) is 7. The molecule has 2 aromatic heterocycles. The van der Waals surface area contributed by atoms with Gasteiger partial charge in [-0.2, -0.15) is 13.8 Å². The Hall–Kier alpha value is -2.81. The third kappa shape index (κ3) is 3.74. The number of nitrogens with zero attached hydrogens (tertiary/aromatic N) is 2. The normalized spacial score (nSPS) is 10.8. The Kier molecular flexibility index (Phi) is 4.80. The number of rotatable bonds is 6. The average Bonchev–Trinajstić information content (AvgIpc) is 3.24.